The van der Waals surface area contributed by atoms with E-state index in [0.717, 1.165) is 5.69 Å². The molecule has 0 spiro atoms. The van der Waals surface area contributed by atoms with Gasteiger partial charge in [-0.15, -0.1) is 0 Å². The molecule has 1 aromatic carbocycles. The summed E-state index contributed by atoms with van der Waals surface area (Å²) >= 11 is 5.67. The first-order valence-electron chi connectivity index (χ1n) is 5.18. The van der Waals surface area contributed by atoms with E-state index >= 15 is 0 Å². The molecule has 16 heavy (non-hydrogen) atoms. The fraction of sp³-hybridized carbons (Fsp3) is 0.455. The van der Waals surface area contributed by atoms with Gasteiger partial charge in [-0.3, -0.25) is 0 Å². The van der Waals surface area contributed by atoms with Crippen LogP contribution in [0.5, 0.6) is 5.75 Å². The summed E-state index contributed by atoms with van der Waals surface area (Å²) in [4.78, 5) is 0. The summed E-state index contributed by atoms with van der Waals surface area (Å²) < 4.78 is 24.1. The van der Waals surface area contributed by atoms with E-state index in [1.54, 1.807) is 0 Å². The molecule has 0 radical (unpaired) electrons. The second-order valence-electron chi connectivity index (χ2n) is 3.54. The van der Waals surface area contributed by atoms with E-state index in [1.807, 2.05) is 6.92 Å². The zero-order valence-corrected chi connectivity index (χ0v) is 9.68. The van der Waals surface area contributed by atoms with Crippen molar-refractivity contribution in [3.63, 3.8) is 0 Å². The normalized spacial score (nSPS) is 18.6. The second kappa shape index (κ2) is 4.89. The van der Waals surface area contributed by atoms with Crippen LogP contribution in [0.25, 0.3) is 0 Å². The molecular formula is C11H13ClFNO2. The zero-order chi connectivity index (χ0) is 11.5. The molecule has 3 nitrogen and oxygen atoms in total. The fourth-order valence-electron chi connectivity index (χ4n) is 1.55. The number of fused-ring (bicyclic) bond motifs is 1. The smallest absolute Gasteiger partial charge is 0.146 e. The molecule has 1 heterocycles. The van der Waals surface area contributed by atoms with Crippen LogP contribution in [0.3, 0.4) is 0 Å². The average molecular weight is 246 g/mol. The van der Waals surface area contributed by atoms with Gasteiger partial charge < -0.3 is 14.8 Å². The van der Waals surface area contributed by atoms with Crippen molar-refractivity contribution >= 4 is 17.3 Å². The molecule has 1 aliphatic rings. The number of anilines is 1. The number of hydrogen-bond acceptors (Lipinski definition) is 3. The molecule has 1 atom stereocenters. The van der Waals surface area contributed by atoms with Crippen LogP contribution in [0.15, 0.2) is 12.1 Å². The number of benzene rings is 1. The van der Waals surface area contributed by atoms with Crippen molar-refractivity contribution in [2.45, 2.75) is 13.0 Å². The SMILES string of the molecule is CCOCC1CNc2cc(Cl)c(F)cc2O1. The summed E-state index contributed by atoms with van der Waals surface area (Å²) in [5, 5.41) is 3.23. The number of rotatable bonds is 3. The van der Waals surface area contributed by atoms with Gasteiger partial charge in [-0.1, -0.05) is 11.6 Å². The van der Waals surface area contributed by atoms with Crippen LogP contribution < -0.4 is 10.1 Å². The van der Waals surface area contributed by atoms with Crippen molar-refractivity contribution in [1.82, 2.24) is 0 Å². The molecule has 88 valence electrons. The van der Waals surface area contributed by atoms with Crippen LogP contribution in [0.2, 0.25) is 5.02 Å². The van der Waals surface area contributed by atoms with Gasteiger partial charge in [0.1, 0.15) is 17.7 Å². The Kier molecular flexibility index (Phi) is 3.51. The maximum absolute atomic E-state index is 13.2. The topological polar surface area (TPSA) is 30.5 Å². The molecule has 0 aromatic heterocycles. The third kappa shape index (κ3) is 2.39. The van der Waals surface area contributed by atoms with Crippen LogP contribution in [-0.2, 0) is 4.74 Å². The minimum absolute atomic E-state index is 0.0898. The molecule has 2 rings (SSSR count). The van der Waals surface area contributed by atoms with Gasteiger partial charge in [-0.25, -0.2) is 4.39 Å². The average Bonchev–Trinajstić information content (AvgIpc) is 2.28. The Morgan fingerprint density at radius 3 is 3.19 bits per heavy atom. The van der Waals surface area contributed by atoms with E-state index in [-0.39, 0.29) is 11.1 Å². The minimum Gasteiger partial charge on any atom is -0.484 e. The lowest BCUT2D eigenvalue weighted by molar-refractivity contribution is 0.0597. The molecule has 1 aromatic rings. The minimum atomic E-state index is -0.473. The first-order chi connectivity index (χ1) is 7.70. The van der Waals surface area contributed by atoms with E-state index in [0.29, 0.717) is 25.5 Å². The lowest BCUT2D eigenvalue weighted by Crippen LogP contribution is -2.34. The molecule has 0 fully saturated rings. The van der Waals surface area contributed by atoms with E-state index < -0.39 is 5.82 Å². The highest BCUT2D eigenvalue weighted by atomic mass is 35.5. The molecule has 1 unspecified atom stereocenters. The van der Waals surface area contributed by atoms with Crippen LogP contribution in [-0.4, -0.2) is 25.9 Å². The van der Waals surface area contributed by atoms with Crippen LogP contribution in [0, 0.1) is 5.82 Å². The van der Waals surface area contributed by atoms with Crippen LogP contribution >= 0.6 is 11.6 Å². The first kappa shape index (κ1) is 11.5. The van der Waals surface area contributed by atoms with Gasteiger partial charge >= 0.3 is 0 Å². The monoisotopic (exact) mass is 245 g/mol. The first-order valence-corrected chi connectivity index (χ1v) is 5.55. The van der Waals surface area contributed by atoms with Crippen molar-refractivity contribution < 1.29 is 13.9 Å². The third-order valence-electron chi connectivity index (χ3n) is 2.34. The fourth-order valence-corrected chi connectivity index (χ4v) is 1.72. The van der Waals surface area contributed by atoms with Gasteiger partial charge in [0.05, 0.1) is 23.9 Å². The van der Waals surface area contributed by atoms with E-state index in [4.69, 9.17) is 21.1 Å². The lowest BCUT2D eigenvalue weighted by atomic mass is 10.2. The maximum atomic E-state index is 13.2. The van der Waals surface area contributed by atoms with Gasteiger partial charge in [0, 0.05) is 12.7 Å². The van der Waals surface area contributed by atoms with Crippen LogP contribution in [0.1, 0.15) is 6.92 Å². The summed E-state index contributed by atoms with van der Waals surface area (Å²) in [7, 11) is 0. The van der Waals surface area contributed by atoms with Gasteiger partial charge in [0.15, 0.2) is 0 Å². The summed E-state index contributed by atoms with van der Waals surface area (Å²) in [6.45, 7) is 3.69. The molecule has 1 aliphatic heterocycles. The Morgan fingerprint density at radius 1 is 1.62 bits per heavy atom. The standard InChI is InChI=1S/C11H13ClFNO2/c1-2-15-6-7-5-14-10-3-8(12)9(13)4-11(10)16-7/h3-4,7,14H,2,5-6H2,1H3. The van der Waals surface area contributed by atoms with E-state index in [2.05, 4.69) is 5.32 Å². The van der Waals surface area contributed by atoms with Gasteiger partial charge in [-0.2, -0.15) is 0 Å². The van der Waals surface area contributed by atoms with Crippen LogP contribution in [0.4, 0.5) is 10.1 Å². The van der Waals surface area contributed by atoms with Crippen molar-refractivity contribution in [2.75, 3.05) is 25.1 Å². The Labute approximate surface area is 98.5 Å². The second-order valence-corrected chi connectivity index (χ2v) is 3.95. The zero-order valence-electron chi connectivity index (χ0n) is 8.93. The van der Waals surface area contributed by atoms with Crippen molar-refractivity contribution in [3.8, 4) is 5.75 Å². The number of halogens is 2. The predicted molar refractivity (Wildman–Crippen MR) is 60.8 cm³/mol. The lowest BCUT2D eigenvalue weighted by Gasteiger charge is -2.27. The molecule has 0 amide bonds. The molecule has 0 saturated heterocycles. The number of hydrogen-bond donors (Lipinski definition) is 1. The molecular weight excluding hydrogens is 233 g/mol. The summed E-state index contributed by atoms with van der Waals surface area (Å²) in [6, 6.07) is 2.83. The molecule has 5 heteroatoms. The molecule has 0 saturated carbocycles. The van der Waals surface area contributed by atoms with Crippen molar-refractivity contribution in [3.05, 3.63) is 23.0 Å². The molecule has 0 aliphatic carbocycles. The predicted octanol–water partition coefficient (Wildman–Crippen LogP) is 2.69. The summed E-state index contributed by atoms with van der Waals surface area (Å²) in [5.74, 6) is 0.0112. The van der Waals surface area contributed by atoms with Gasteiger partial charge in [-0.05, 0) is 13.0 Å². The summed E-state index contributed by atoms with van der Waals surface area (Å²) in [5.41, 5.74) is 0.721. The van der Waals surface area contributed by atoms with Crippen molar-refractivity contribution in [2.24, 2.45) is 0 Å². The van der Waals surface area contributed by atoms with Gasteiger partial charge in [0.2, 0.25) is 0 Å². The van der Waals surface area contributed by atoms with Crippen molar-refractivity contribution in [1.29, 1.82) is 0 Å². The highest BCUT2D eigenvalue weighted by Gasteiger charge is 2.20. The molecule has 1 N–H and O–H groups in total. The van der Waals surface area contributed by atoms with Gasteiger partial charge in [0.25, 0.3) is 0 Å². The largest absolute Gasteiger partial charge is 0.484 e. The maximum Gasteiger partial charge on any atom is 0.146 e. The Hall–Kier alpha value is -1.00. The third-order valence-corrected chi connectivity index (χ3v) is 2.63. The summed E-state index contributed by atoms with van der Waals surface area (Å²) in [6.07, 6.45) is -0.0898. The van der Waals surface area contributed by atoms with E-state index in [1.165, 1.54) is 12.1 Å². The number of nitrogens with one attached hydrogen (secondary N) is 1. The highest BCUT2D eigenvalue weighted by molar-refractivity contribution is 6.31. The Balaban J connectivity index is 2.11. The quantitative estimate of drug-likeness (QED) is 0.888. The molecule has 0 bridgehead atoms. The Morgan fingerprint density at radius 2 is 2.44 bits per heavy atom. The van der Waals surface area contributed by atoms with E-state index in [9.17, 15) is 4.39 Å². The Bertz CT molecular complexity index is 386. The number of ether oxygens (including phenoxy) is 2. The highest BCUT2D eigenvalue weighted by Crippen LogP contribution is 2.33.